The van der Waals surface area contributed by atoms with Gasteiger partial charge in [-0.05, 0) is 44.5 Å². The van der Waals surface area contributed by atoms with Crippen LogP contribution in [0.15, 0.2) is 46.4 Å². The maximum absolute atomic E-state index is 12.9. The molecule has 1 aromatic heterocycles. The SMILES string of the molecule is CCOc1cccc(C(O)=C2C(=O)C(=O)N(CCCOC)C2c2ccc(C)o2)c1. The Hall–Kier alpha value is -3.06. The number of carbonyl (C=O) groups excluding carboxylic acids is 2. The van der Waals surface area contributed by atoms with Crippen LogP contribution in [0, 0.1) is 6.92 Å². The van der Waals surface area contributed by atoms with Crippen LogP contribution in [0.5, 0.6) is 5.75 Å². The van der Waals surface area contributed by atoms with Gasteiger partial charge in [0, 0.05) is 25.8 Å². The van der Waals surface area contributed by atoms with Gasteiger partial charge in [0.15, 0.2) is 0 Å². The Labute approximate surface area is 169 Å². The zero-order valence-corrected chi connectivity index (χ0v) is 16.8. The number of nitrogens with zero attached hydrogens (tertiary/aromatic N) is 1. The second-order valence-electron chi connectivity index (χ2n) is 6.75. The number of rotatable bonds is 8. The Bertz CT molecular complexity index is 929. The van der Waals surface area contributed by atoms with Crippen LogP contribution < -0.4 is 4.74 Å². The molecule has 0 aliphatic carbocycles. The zero-order chi connectivity index (χ0) is 21.0. The number of furan rings is 1. The molecule has 1 saturated heterocycles. The monoisotopic (exact) mass is 399 g/mol. The number of carbonyl (C=O) groups is 2. The van der Waals surface area contributed by atoms with Crippen molar-refractivity contribution in [2.45, 2.75) is 26.3 Å². The van der Waals surface area contributed by atoms with Gasteiger partial charge in [-0.15, -0.1) is 0 Å². The van der Waals surface area contributed by atoms with Crippen LogP contribution in [0.2, 0.25) is 0 Å². The number of methoxy groups -OCH3 is 1. The molecule has 0 radical (unpaired) electrons. The van der Waals surface area contributed by atoms with Crippen LogP contribution in [-0.4, -0.2) is 48.6 Å². The Kier molecular flexibility index (Phi) is 6.39. The van der Waals surface area contributed by atoms with Gasteiger partial charge in [-0.25, -0.2) is 0 Å². The summed E-state index contributed by atoms with van der Waals surface area (Å²) in [5.41, 5.74) is 0.412. The smallest absolute Gasteiger partial charge is 0.295 e. The van der Waals surface area contributed by atoms with E-state index in [-0.39, 0.29) is 11.3 Å². The van der Waals surface area contributed by atoms with E-state index in [1.807, 2.05) is 6.92 Å². The highest BCUT2D eigenvalue weighted by molar-refractivity contribution is 6.46. The quantitative estimate of drug-likeness (QED) is 0.317. The summed E-state index contributed by atoms with van der Waals surface area (Å²) in [5, 5.41) is 11.0. The molecular formula is C22H25NO6. The fourth-order valence-corrected chi connectivity index (χ4v) is 3.44. The van der Waals surface area contributed by atoms with Crippen molar-refractivity contribution in [3.63, 3.8) is 0 Å². The van der Waals surface area contributed by atoms with Crippen LogP contribution in [-0.2, 0) is 14.3 Å². The highest BCUT2D eigenvalue weighted by Gasteiger charge is 2.47. The number of ether oxygens (including phenoxy) is 2. The molecule has 1 amide bonds. The average Bonchev–Trinajstić information content (AvgIpc) is 3.24. The number of amides is 1. The fraction of sp³-hybridized carbons (Fsp3) is 0.364. The topological polar surface area (TPSA) is 89.2 Å². The summed E-state index contributed by atoms with van der Waals surface area (Å²) in [7, 11) is 1.58. The molecule has 1 N–H and O–H groups in total. The molecule has 0 bridgehead atoms. The van der Waals surface area contributed by atoms with E-state index in [4.69, 9.17) is 13.9 Å². The van der Waals surface area contributed by atoms with E-state index in [0.29, 0.717) is 49.0 Å². The van der Waals surface area contributed by atoms with Crippen LogP contribution in [0.3, 0.4) is 0 Å². The molecule has 1 aliphatic rings. The number of Topliss-reactive ketones (excluding diaryl/α,β-unsaturated/α-hetero) is 1. The molecule has 7 nitrogen and oxygen atoms in total. The molecule has 1 aliphatic heterocycles. The standard InChI is InChI=1S/C22H25NO6/c1-4-28-16-8-5-7-15(13-16)20(24)18-19(17-10-9-14(2)29-17)23(11-6-12-27-3)22(26)21(18)25/h5,7-10,13,19,24H,4,6,11-12H2,1-3H3. The zero-order valence-electron chi connectivity index (χ0n) is 16.8. The van der Waals surface area contributed by atoms with Gasteiger partial charge in [-0.1, -0.05) is 12.1 Å². The average molecular weight is 399 g/mol. The van der Waals surface area contributed by atoms with Crippen molar-refractivity contribution in [2.24, 2.45) is 0 Å². The molecular weight excluding hydrogens is 374 g/mol. The summed E-state index contributed by atoms with van der Waals surface area (Å²) in [4.78, 5) is 27.0. The minimum atomic E-state index is -0.795. The van der Waals surface area contributed by atoms with Crippen molar-refractivity contribution in [3.8, 4) is 5.75 Å². The number of likely N-dealkylation sites (tertiary alicyclic amines) is 1. The predicted molar refractivity (Wildman–Crippen MR) is 107 cm³/mol. The maximum Gasteiger partial charge on any atom is 0.295 e. The van der Waals surface area contributed by atoms with Crippen molar-refractivity contribution in [3.05, 3.63) is 59.1 Å². The van der Waals surface area contributed by atoms with Crippen LogP contribution in [0.25, 0.3) is 5.76 Å². The Morgan fingerprint density at radius 2 is 2.03 bits per heavy atom. The number of hydrogen-bond acceptors (Lipinski definition) is 6. The van der Waals surface area contributed by atoms with E-state index in [9.17, 15) is 14.7 Å². The predicted octanol–water partition coefficient (Wildman–Crippen LogP) is 3.44. The molecule has 1 atom stereocenters. The molecule has 2 heterocycles. The lowest BCUT2D eigenvalue weighted by Gasteiger charge is -2.23. The first-order chi connectivity index (χ1) is 14.0. The van der Waals surface area contributed by atoms with E-state index in [0.717, 1.165) is 0 Å². The minimum absolute atomic E-state index is 0.00964. The van der Waals surface area contributed by atoms with Crippen LogP contribution in [0.4, 0.5) is 0 Å². The Balaban J connectivity index is 2.08. The first-order valence-corrected chi connectivity index (χ1v) is 9.54. The summed E-state index contributed by atoms with van der Waals surface area (Å²) in [5.74, 6) is 0.000340. The van der Waals surface area contributed by atoms with Crippen LogP contribution >= 0.6 is 0 Å². The van der Waals surface area contributed by atoms with Gasteiger partial charge in [0.1, 0.15) is 29.1 Å². The molecule has 29 heavy (non-hydrogen) atoms. The van der Waals surface area contributed by atoms with E-state index >= 15 is 0 Å². The van der Waals surface area contributed by atoms with E-state index in [1.54, 1.807) is 50.4 Å². The highest BCUT2D eigenvalue weighted by Crippen LogP contribution is 2.40. The summed E-state index contributed by atoms with van der Waals surface area (Å²) >= 11 is 0. The van der Waals surface area contributed by atoms with Crippen molar-refractivity contribution in [1.29, 1.82) is 0 Å². The third kappa shape index (κ3) is 4.19. The molecule has 3 rings (SSSR count). The molecule has 0 spiro atoms. The summed E-state index contributed by atoms with van der Waals surface area (Å²) < 4.78 is 16.3. The Morgan fingerprint density at radius 1 is 1.24 bits per heavy atom. The lowest BCUT2D eigenvalue weighted by molar-refractivity contribution is -0.140. The van der Waals surface area contributed by atoms with Crippen molar-refractivity contribution >= 4 is 17.4 Å². The molecule has 0 saturated carbocycles. The van der Waals surface area contributed by atoms with Gasteiger partial charge < -0.3 is 23.9 Å². The van der Waals surface area contributed by atoms with Gasteiger partial charge in [0.25, 0.3) is 11.7 Å². The van der Waals surface area contributed by atoms with E-state index < -0.39 is 17.7 Å². The lowest BCUT2D eigenvalue weighted by atomic mass is 9.99. The first-order valence-electron chi connectivity index (χ1n) is 9.54. The van der Waals surface area contributed by atoms with Gasteiger partial charge in [-0.3, -0.25) is 9.59 Å². The third-order valence-electron chi connectivity index (χ3n) is 4.74. The maximum atomic E-state index is 12.9. The molecule has 7 heteroatoms. The summed E-state index contributed by atoms with van der Waals surface area (Å²) in [6.45, 7) is 4.87. The number of aliphatic hydroxyl groups excluding tert-OH is 1. The second kappa shape index (κ2) is 8.96. The van der Waals surface area contributed by atoms with E-state index in [1.165, 1.54) is 4.90 Å². The Morgan fingerprint density at radius 3 is 2.69 bits per heavy atom. The van der Waals surface area contributed by atoms with E-state index in [2.05, 4.69) is 0 Å². The molecule has 154 valence electrons. The van der Waals surface area contributed by atoms with Crippen LogP contribution in [0.1, 0.15) is 36.5 Å². The molecule has 1 unspecified atom stereocenters. The number of aliphatic hydroxyl groups is 1. The number of ketones is 1. The molecule has 1 aromatic carbocycles. The number of benzene rings is 1. The van der Waals surface area contributed by atoms with Gasteiger partial charge in [0.05, 0.1) is 12.2 Å². The molecule has 2 aromatic rings. The largest absolute Gasteiger partial charge is 0.507 e. The van der Waals surface area contributed by atoms with Crippen molar-refractivity contribution in [2.75, 3.05) is 26.9 Å². The van der Waals surface area contributed by atoms with Crippen molar-refractivity contribution in [1.82, 2.24) is 4.90 Å². The molecule has 1 fully saturated rings. The highest BCUT2D eigenvalue weighted by atomic mass is 16.5. The summed E-state index contributed by atoms with van der Waals surface area (Å²) in [6.07, 6.45) is 0.555. The van der Waals surface area contributed by atoms with Gasteiger partial charge in [0.2, 0.25) is 0 Å². The lowest BCUT2D eigenvalue weighted by Crippen LogP contribution is -2.31. The minimum Gasteiger partial charge on any atom is -0.507 e. The number of aryl methyl sites for hydroxylation is 1. The second-order valence-corrected chi connectivity index (χ2v) is 6.75. The van der Waals surface area contributed by atoms with Crippen molar-refractivity contribution < 1.29 is 28.6 Å². The summed E-state index contributed by atoms with van der Waals surface area (Å²) in [6, 6.07) is 9.48. The van der Waals surface area contributed by atoms with Gasteiger partial charge >= 0.3 is 0 Å². The number of hydrogen-bond donors (Lipinski definition) is 1. The first kappa shape index (κ1) is 20.7. The third-order valence-corrected chi connectivity index (χ3v) is 4.74. The normalized spacial score (nSPS) is 18.4. The fourth-order valence-electron chi connectivity index (χ4n) is 3.44. The van der Waals surface area contributed by atoms with Gasteiger partial charge in [-0.2, -0.15) is 0 Å².